The number of carbonyl (C=O) groups is 1. The summed E-state index contributed by atoms with van der Waals surface area (Å²) in [5.41, 5.74) is 3.04. The van der Waals surface area contributed by atoms with E-state index in [9.17, 15) is 18.3 Å². The molecule has 1 saturated heterocycles. The van der Waals surface area contributed by atoms with Gasteiger partial charge in [0.25, 0.3) is 0 Å². The first-order chi connectivity index (χ1) is 16.5. The van der Waals surface area contributed by atoms with E-state index in [0.29, 0.717) is 24.8 Å². The molecule has 4 rings (SSSR count). The van der Waals surface area contributed by atoms with Crippen molar-refractivity contribution in [2.75, 3.05) is 6.54 Å². The van der Waals surface area contributed by atoms with E-state index in [4.69, 9.17) is 0 Å². The van der Waals surface area contributed by atoms with E-state index < -0.39 is 22.0 Å². The number of carboxylic acids is 1. The summed E-state index contributed by atoms with van der Waals surface area (Å²) < 4.78 is 27.8. The van der Waals surface area contributed by atoms with Crippen LogP contribution in [-0.4, -0.2) is 36.4 Å². The lowest BCUT2D eigenvalue weighted by Crippen LogP contribution is -2.52. The number of carboxylic acid groups (broad SMARTS) is 1. The third kappa shape index (κ3) is 5.75. The third-order valence-corrected chi connectivity index (χ3v) is 8.56. The van der Waals surface area contributed by atoms with Crippen LogP contribution in [0.4, 0.5) is 0 Å². The second-order valence-corrected chi connectivity index (χ2v) is 10.9. The zero-order valence-corrected chi connectivity index (χ0v) is 20.0. The van der Waals surface area contributed by atoms with E-state index in [0.717, 1.165) is 6.42 Å². The minimum Gasteiger partial charge on any atom is -0.480 e. The van der Waals surface area contributed by atoms with E-state index in [1.165, 1.54) is 15.4 Å². The molecule has 178 valence electrons. The lowest BCUT2D eigenvalue weighted by atomic mass is 9.81. The predicted molar refractivity (Wildman–Crippen MR) is 134 cm³/mol. The van der Waals surface area contributed by atoms with Crippen LogP contribution >= 0.6 is 0 Å². The molecule has 2 atom stereocenters. The van der Waals surface area contributed by atoms with Gasteiger partial charge in [0.05, 0.1) is 5.75 Å². The van der Waals surface area contributed by atoms with Gasteiger partial charge in [0.1, 0.15) is 6.04 Å². The van der Waals surface area contributed by atoms with E-state index in [1.807, 2.05) is 42.5 Å². The summed E-state index contributed by atoms with van der Waals surface area (Å²) in [6, 6.07) is 28.4. The van der Waals surface area contributed by atoms with Crippen molar-refractivity contribution in [3.63, 3.8) is 0 Å². The highest BCUT2D eigenvalue weighted by molar-refractivity contribution is 7.88. The molecule has 6 heteroatoms. The van der Waals surface area contributed by atoms with Gasteiger partial charge in [-0.2, -0.15) is 4.31 Å². The van der Waals surface area contributed by atoms with Crippen LogP contribution in [0.15, 0.2) is 91.0 Å². The quantitative estimate of drug-likeness (QED) is 0.454. The smallest absolute Gasteiger partial charge is 0.322 e. The molecule has 0 saturated carbocycles. The third-order valence-electron chi connectivity index (χ3n) is 6.74. The molecule has 0 bridgehead atoms. The number of hydrogen-bond donors (Lipinski definition) is 1. The van der Waals surface area contributed by atoms with Gasteiger partial charge in [-0.05, 0) is 48.3 Å². The second-order valence-electron chi connectivity index (χ2n) is 8.99. The first-order valence-corrected chi connectivity index (χ1v) is 13.4. The van der Waals surface area contributed by atoms with Crippen LogP contribution in [0.3, 0.4) is 0 Å². The molecular weight excluding hydrogens is 446 g/mol. The van der Waals surface area contributed by atoms with Crippen LogP contribution in [0, 0.1) is 5.92 Å². The second kappa shape index (κ2) is 11.0. The zero-order valence-electron chi connectivity index (χ0n) is 19.2. The lowest BCUT2D eigenvalue weighted by Gasteiger charge is -2.38. The maximum Gasteiger partial charge on any atom is 0.322 e. The molecule has 34 heavy (non-hydrogen) atoms. The standard InChI is InChI=1S/C28H31NO4S/c30-28(31)27-25(17-10-20-29(27)34(32,33)21-22-11-4-1-5-12-22)18-19-26(23-13-6-2-7-14-23)24-15-8-3-9-16-24/h1-9,11-16,25-27H,10,17-21H2,(H,30,31). The van der Waals surface area contributed by atoms with Gasteiger partial charge in [-0.25, -0.2) is 8.42 Å². The Morgan fingerprint density at radius 2 is 1.41 bits per heavy atom. The van der Waals surface area contributed by atoms with Crippen LogP contribution in [0.5, 0.6) is 0 Å². The maximum absolute atomic E-state index is 13.3. The van der Waals surface area contributed by atoms with Crippen molar-refractivity contribution in [3.8, 4) is 0 Å². The molecule has 0 aromatic heterocycles. The lowest BCUT2D eigenvalue weighted by molar-refractivity contribution is -0.144. The van der Waals surface area contributed by atoms with Crippen LogP contribution < -0.4 is 0 Å². The Morgan fingerprint density at radius 3 is 1.94 bits per heavy atom. The van der Waals surface area contributed by atoms with Gasteiger partial charge >= 0.3 is 5.97 Å². The molecule has 1 heterocycles. The minimum absolute atomic E-state index is 0.133. The normalized spacial score (nSPS) is 19.2. The highest BCUT2D eigenvalue weighted by atomic mass is 32.2. The van der Waals surface area contributed by atoms with Gasteiger partial charge in [0.15, 0.2) is 0 Å². The Hall–Kier alpha value is -2.96. The van der Waals surface area contributed by atoms with Crippen LogP contribution in [0.2, 0.25) is 0 Å². The first kappa shape index (κ1) is 24.2. The molecule has 3 aromatic carbocycles. The Labute approximate surface area is 202 Å². The molecule has 0 spiro atoms. The number of hydrogen-bond acceptors (Lipinski definition) is 3. The van der Waals surface area contributed by atoms with Crippen molar-refractivity contribution >= 4 is 16.0 Å². The molecule has 1 N–H and O–H groups in total. The molecule has 0 amide bonds. The van der Waals surface area contributed by atoms with Gasteiger partial charge in [-0.1, -0.05) is 91.0 Å². The number of benzene rings is 3. The molecule has 5 nitrogen and oxygen atoms in total. The summed E-state index contributed by atoms with van der Waals surface area (Å²) in [5, 5.41) is 10.1. The molecule has 0 radical (unpaired) electrons. The first-order valence-electron chi connectivity index (χ1n) is 11.8. The fourth-order valence-corrected chi connectivity index (χ4v) is 6.92. The molecule has 0 aliphatic carbocycles. The van der Waals surface area contributed by atoms with Crippen molar-refractivity contribution in [3.05, 3.63) is 108 Å². The fraction of sp³-hybridized carbons (Fsp3) is 0.321. The summed E-state index contributed by atoms with van der Waals surface area (Å²) in [7, 11) is -3.75. The van der Waals surface area contributed by atoms with E-state index in [2.05, 4.69) is 24.3 Å². The number of rotatable bonds is 9. The van der Waals surface area contributed by atoms with Crippen molar-refractivity contribution in [1.82, 2.24) is 4.31 Å². The van der Waals surface area contributed by atoms with Crippen LogP contribution in [0.1, 0.15) is 48.3 Å². The van der Waals surface area contributed by atoms with E-state index in [1.54, 1.807) is 24.3 Å². The summed E-state index contributed by atoms with van der Waals surface area (Å²) in [6.45, 7) is 0.253. The molecule has 3 aromatic rings. The largest absolute Gasteiger partial charge is 0.480 e. The summed E-state index contributed by atoms with van der Waals surface area (Å²) >= 11 is 0. The average Bonchev–Trinajstić information content (AvgIpc) is 2.85. The Morgan fingerprint density at radius 1 is 0.882 bits per heavy atom. The topological polar surface area (TPSA) is 74.7 Å². The minimum atomic E-state index is -3.75. The highest BCUT2D eigenvalue weighted by Crippen LogP contribution is 2.36. The molecule has 1 aliphatic rings. The SMILES string of the molecule is O=C(O)C1C(CCC(c2ccccc2)c2ccccc2)CCCN1S(=O)(=O)Cc1ccccc1. The van der Waals surface area contributed by atoms with Gasteiger partial charge in [0.2, 0.25) is 10.0 Å². The van der Waals surface area contributed by atoms with Crippen molar-refractivity contribution in [1.29, 1.82) is 0 Å². The van der Waals surface area contributed by atoms with Crippen molar-refractivity contribution in [2.45, 2.75) is 43.4 Å². The van der Waals surface area contributed by atoms with Crippen LogP contribution in [-0.2, 0) is 20.6 Å². The average molecular weight is 478 g/mol. The number of sulfonamides is 1. The molecule has 1 fully saturated rings. The van der Waals surface area contributed by atoms with Crippen molar-refractivity contribution in [2.24, 2.45) is 5.92 Å². The fourth-order valence-electron chi connectivity index (χ4n) is 5.13. The van der Waals surface area contributed by atoms with Gasteiger partial charge in [-0.3, -0.25) is 4.79 Å². The van der Waals surface area contributed by atoms with Crippen LogP contribution in [0.25, 0.3) is 0 Å². The molecule has 2 unspecified atom stereocenters. The number of aliphatic carboxylic acids is 1. The van der Waals surface area contributed by atoms with Gasteiger partial charge < -0.3 is 5.11 Å². The number of piperidine rings is 1. The number of nitrogens with zero attached hydrogens (tertiary/aromatic N) is 1. The Kier molecular flexibility index (Phi) is 7.80. The zero-order chi connectivity index (χ0) is 24.0. The summed E-state index contributed by atoms with van der Waals surface area (Å²) in [4.78, 5) is 12.4. The molecule has 1 aliphatic heterocycles. The van der Waals surface area contributed by atoms with Crippen molar-refractivity contribution < 1.29 is 18.3 Å². The maximum atomic E-state index is 13.3. The Balaban J connectivity index is 1.55. The van der Waals surface area contributed by atoms with E-state index in [-0.39, 0.29) is 24.1 Å². The predicted octanol–water partition coefficient (Wildman–Crippen LogP) is 5.29. The highest BCUT2D eigenvalue weighted by Gasteiger charge is 2.42. The molecular formula is C28H31NO4S. The monoisotopic (exact) mass is 477 g/mol. The van der Waals surface area contributed by atoms with Gasteiger partial charge in [0, 0.05) is 12.5 Å². The summed E-state index contributed by atoms with van der Waals surface area (Å²) in [6.07, 6.45) is 2.78. The Bertz CT molecular complexity index is 1130. The van der Waals surface area contributed by atoms with Gasteiger partial charge in [-0.15, -0.1) is 0 Å². The summed E-state index contributed by atoms with van der Waals surface area (Å²) in [5.74, 6) is -1.33. The van der Waals surface area contributed by atoms with E-state index >= 15 is 0 Å².